The fourth-order valence-electron chi connectivity index (χ4n) is 3.40. The van der Waals surface area contributed by atoms with Crippen LogP contribution in [0.1, 0.15) is 30.0 Å². The van der Waals surface area contributed by atoms with Crippen molar-refractivity contribution in [3.8, 4) is 11.4 Å². The van der Waals surface area contributed by atoms with Crippen LogP contribution in [0.15, 0.2) is 60.7 Å². The Morgan fingerprint density at radius 2 is 1.97 bits per heavy atom. The quantitative estimate of drug-likeness (QED) is 0.635. The van der Waals surface area contributed by atoms with Crippen molar-refractivity contribution in [2.24, 2.45) is 0 Å². The second kappa shape index (κ2) is 8.49. The minimum Gasteiger partial charge on any atom is -0.497 e. The van der Waals surface area contributed by atoms with Gasteiger partial charge in [-0.1, -0.05) is 30.3 Å². The second-order valence-corrected chi connectivity index (χ2v) is 7.55. The highest BCUT2D eigenvalue weighted by molar-refractivity contribution is 5.91. The molecule has 0 unspecified atom stereocenters. The summed E-state index contributed by atoms with van der Waals surface area (Å²) in [5, 5.41) is 7.78. The number of carbonyl (C=O) groups excluding carboxylic acids is 1. The van der Waals surface area contributed by atoms with E-state index in [1.54, 1.807) is 7.11 Å². The maximum absolute atomic E-state index is 12.7. The lowest BCUT2D eigenvalue weighted by Crippen LogP contribution is -2.30. The van der Waals surface area contributed by atoms with Gasteiger partial charge in [0.1, 0.15) is 11.6 Å². The molecule has 150 valence electrons. The van der Waals surface area contributed by atoms with Gasteiger partial charge in [0.25, 0.3) is 0 Å². The van der Waals surface area contributed by atoms with Crippen molar-refractivity contribution in [1.82, 2.24) is 14.7 Å². The molecule has 3 aromatic rings. The van der Waals surface area contributed by atoms with E-state index in [4.69, 9.17) is 9.84 Å². The molecule has 29 heavy (non-hydrogen) atoms. The zero-order valence-electron chi connectivity index (χ0n) is 16.8. The Balaban J connectivity index is 1.43. The van der Waals surface area contributed by atoms with Crippen LogP contribution in [0.2, 0.25) is 0 Å². The lowest BCUT2D eigenvalue weighted by Gasteiger charge is -2.17. The van der Waals surface area contributed by atoms with Crippen molar-refractivity contribution in [3.63, 3.8) is 0 Å². The molecule has 1 aliphatic rings. The zero-order chi connectivity index (χ0) is 20.2. The molecule has 1 N–H and O–H groups in total. The molecule has 1 aromatic heterocycles. The van der Waals surface area contributed by atoms with Gasteiger partial charge >= 0.3 is 0 Å². The summed E-state index contributed by atoms with van der Waals surface area (Å²) in [6.45, 7) is 0.950. The minimum absolute atomic E-state index is 0.0603. The monoisotopic (exact) mass is 390 g/mol. The standard InChI is InChI=1S/C23H26N4O2/c1-26(15-17-7-6-10-20(13-17)29-2)16-23(28)24-22-14-21(18-11-12-18)25-27(22)19-8-4-3-5-9-19/h3-10,13-14,18H,11-12,15-16H2,1-2H3,(H,24,28). The molecule has 0 aliphatic heterocycles. The fourth-order valence-corrected chi connectivity index (χ4v) is 3.40. The molecule has 4 rings (SSSR count). The Kier molecular flexibility index (Phi) is 5.62. The molecule has 1 amide bonds. The number of hydrogen-bond donors (Lipinski definition) is 1. The number of benzene rings is 2. The van der Waals surface area contributed by atoms with E-state index in [0.29, 0.717) is 12.5 Å². The Morgan fingerprint density at radius 1 is 1.17 bits per heavy atom. The number of ether oxygens (including phenoxy) is 1. The normalized spacial score (nSPS) is 13.5. The van der Waals surface area contributed by atoms with Crippen molar-refractivity contribution < 1.29 is 9.53 Å². The maximum Gasteiger partial charge on any atom is 0.239 e. The number of anilines is 1. The number of carbonyl (C=O) groups is 1. The van der Waals surface area contributed by atoms with Gasteiger partial charge in [-0.05, 0) is 49.7 Å². The molecular weight excluding hydrogens is 364 g/mol. The lowest BCUT2D eigenvalue weighted by atomic mass is 10.2. The van der Waals surface area contributed by atoms with Gasteiger partial charge in [-0.2, -0.15) is 5.10 Å². The first kappa shape index (κ1) is 19.2. The van der Waals surface area contributed by atoms with Gasteiger partial charge in [0, 0.05) is 18.5 Å². The third-order valence-corrected chi connectivity index (χ3v) is 4.99. The predicted molar refractivity (Wildman–Crippen MR) is 113 cm³/mol. The Morgan fingerprint density at radius 3 is 2.69 bits per heavy atom. The average molecular weight is 390 g/mol. The van der Waals surface area contributed by atoms with Crippen molar-refractivity contribution in [2.75, 3.05) is 26.0 Å². The molecule has 1 heterocycles. The van der Waals surface area contributed by atoms with Crippen LogP contribution in [0.3, 0.4) is 0 Å². The lowest BCUT2D eigenvalue weighted by molar-refractivity contribution is -0.117. The van der Waals surface area contributed by atoms with Crippen LogP contribution in [0.5, 0.6) is 5.75 Å². The average Bonchev–Trinajstić information content (AvgIpc) is 3.49. The first-order valence-electron chi connectivity index (χ1n) is 9.89. The predicted octanol–water partition coefficient (Wildman–Crippen LogP) is 3.83. The van der Waals surface area contributed by atoms with Crippen LogP contribution < -0.4 is 10.1 Å². The highest BCUT2D eigenvalue weighted by atomic mass is 16.5. The van der Waals surface area contributed by atoms with Crippen LogP contribution in [-0.2, 0) is 11.3 Å². The summed E-state index contributed by atoms with van der Waals surface area (Å²) < 4.78 is 7.10. The smallest absolute Gasteiger partial charge is 0.239 e. The van der Waals surface area contributed by atoms with Gasteiger partial charge in [0.05, 0.1) is 25.0 Å². The molecule has 0 radical (unpaired) electrons. The van der Waals surface area contributed by atoms with Crippen LogP contribution >= 0.6 is 0 Å². The topological polar surface area (TPSA) is 59.4 Å². The number of methoxy groups -OCH3 is 1. The molecule has 0 bridgehead atoms. The molecule has 1 aliphatic carbocycles. The molecule has 0 spiro atoms. The third kappa shape index (κ3) is 4.84. The molecule has 6 nitrogen and oxygen atoms in total. The molecule has 0 saturated heterocycles. The molecule has 1 saturated carbocycles. The van der Waals surface area contributed by atoms with Crippen molar-refractivity contribution in [1.29, 1.82) is 0 Å². The van der Waals surface area contributed by atoms with E-state index in [9.17, 15) is 4.79 Å². The van der Waals surface area contributed by atoms with Crippen LogP contribution in [0.25, 0.3) is 5.69 Å². The van der Waals surface area contributed by atoms with Crippen LogP contribution in [0, 0.1) is 0 Å². The minimum atomic E-state index is -0.0603. The summed E-state index contributed by atoms with van der Waals surface area (Å²) in [6.07, 6.45) is 2.34. The van der Waals surface area contributed by atoms with Gasteiger partial charge in [-0.3, -0.25) is 9.69 Å². The summed E-state index contributed by atoms with van der Waals surface area (Å²) in [5.41, 5.74) is 3.10. The van der Waals surface area contributed by atoms with E-state index in [0.717, 1.165) is 28.5 Å². The molecule has 0 atom stereocenters. The first-order chi connectivity index (χ1) is 14.1. The number of aromatic nitrogens is 2. The first-order valence-corrected chi connectivity index (χ1v) is 9.89. The van der Waals surface area contributed by atoms with E-state index >= 15 is 0 Å². The molecular formula is C23H26N4O2. The zero-order valence-corrected chi connectivity index (χ0v) is 16.8. The number of amides is 1. The van der Waals surface area contributed by atoms with Crippen LogP contribution in [-0.4, -0.2) is 41.3 Å². The van der Waals surface area contributed by atoms with Gasteiger partial charge in [0.2, 0.25) is 5.91 Å². The SMILES string of the molecule is COc1cccc(CN(C)CC(=O)Nc2cc(C3CC3)nn2-c2ccccc2)c1. The number of para-hydroxylation sites is 1. The van der Waals surface area contributed by atoms with E-state index in [-0.39, 0.29) is 12.5 Å². The highest BCUT2D eigenvalue weighted by Crippen LogP contribution is 2.40. The van der Waals surface area contributed by atoms with E-state index < -0.39 is 0 Å². The second-order valence-electron chi connectivity index (χ2n) is 7.55. The molecule has 6 heteroatoms. The summed E-state index contributed by atoms with van der Waals surface area (Å²) in [4.78, 5) is 14.7. The molecule has 1 fully saturated rings. The van der Waals surface area contributed by atoms with Gasteiger partial charge in [-0.15, -0.1) is 0 Å². The number of rotatable bonds is 8. The Labute approximate surface area is 171 Å². The van der Waals surface area contributed by atoms with E-state index in [2.05, 4.69) is 5.32 Å². The number of hydrogen-bond acceptors (Lipinski definition) is 4. The van der Waals surface area contributed by atoms with Gasteiger partial charge in [0.15, 0.2) is 0 Å². The van der Waals surface area contributed by atoms with E-state index in [1.165, 1.54) is 12.8 Å². The number of nitrogens with one attached hydrogen (secondary N) is 1. The van der Waals surface area contributed by atoms with Crippen molar-refractivity contribution in [2.45, 2.75) is 25.3 Å². The maximum atomic E-state index is 12.7. The Hall–Kier alpha value is -3.12. The van der Waals surface area contributed by atoms with Crippen LogP contribution in [0.4, 0.5) is 5.82 Å². The van der Waals surface area contributed by atoms with Crippen molar-refractivity contribution >= 4 is 11.7 Å². The summed E-state index contributed by atoms with van der Waals surface area (Å²) in [5.74, 6) is 2.00. The number of nitrogens with zero attached hydrogens (tertiary/aromatic N) is 3. The largest absolute Gasteiger partial charge is 0.497 e. The summed E-state index contributed by atoms with van der Waals surface area (Å²) in [7, 11) is 3.59. The van der Waals surface area contributed by atoms with Gasteiger partial charge < -0.3 is 10.1 Å². The fraction of sp³-hybridized carbons (Fsp3) is 0.304. The van der Waals surface area contributed by atoms with Gasteiger partial charge in [-0.25, -0.2) is 4.68 Å². The number of likely N-dealkylation sites (N-methyl/N-ethyl adjacent to an activating group) is 1. The Bertz CT molecular complexity index is 980. The van der Waals surface area contributed by atoms with E-state index in [1.807, 2.05) is 77.3 Å². The molecule has 2 aromatic carbocycles. The summed E-state index contributed by atoms with van der Waals surface area (Å²) >= 11 is 0. The van der Waals surface area contributed by atoms with Crippen molar-refractivity contribution in [3.05, 3.63) is 71.9 Å². The third-order valence-electron chi connectivity index (χ3n) is 4.99. The summed E-state index contributed by atoms with van der Waals surface area (Å²) in [6, 6.07) is 19.8. The highest BCUT2D eigenvalue weighted by Gasteiger charge is 2.28.